The molecule has 1 aromatic heterocycles. The molecule has 118 valence electrons. The summed E-state index contributed by atoms with van der Waals surface area (Å²) in [6.07, 6.45) is 3.09. The Morgan fingerprint density at radius 2 is 1.87 bits per heavy atom. The molecule has 0 bridgehead atoms. The van der Waals surface area contributed by atoms with E-state index in [1.807, 2.05) is 36.4 Å². The third-order valence-corrected chi connectivity index (χ3v) is 4.57. The van der Waals surface area contributed by atoms with Crippen molar-refractivity contribution in [2.75, 3.05) is 10.6 Å². The summed E-state index contributed by atoms with van der Waals surface area (Å²) in [5.74, 6) is 1.01. The zero-order valence-corrected chi connectivity index (χ0v) is 13.3. The third-order valence-electron chi connectivity index (χ3n) is 4.57. The molecule has 2 aromatic rings. The molecule has 0 saturated carbocycles. The van der Waals surface area contributed by atoms with Crippen molar-refractivity contribution in [3.63, 3.8) is 0 Å². The van der Waals surface area contributed by atoms with Gasteiger partial charge >= 0.3 is 0 Å². The van der Waals surface area contributed by atoms with E-state index in [2.05, 4.69) is 24.5 Å². The third kappa shape index (κ3) is 2.44. The van der Waals surface area contributed by atoms with Crippen LogP contribution < -0.4 is 10.6 Å². The summed E-state index contributed by atoms with van der Waals surface area (Å²) >= 11 is 0. The maximum absolute atomic E-state index is 12.7. The molecular weight excluding hydrogens is 288 g/mol. The van der Waals surface area contributed by atoms with Gasteiger partial charge in [-0.15, -0.1) is 0 Å². The van der Waals surface area contributed by atoms with Crippen LogP contribution in [0.25, 0.3) is 0 Å². The Balaban J connectivity index is 1.89. The van der Waals surface area contributed by atoms with E-state index in [0.29, 0.717) is 6.42 Å². The monoisotopic (exact) mass is 308 g/mol. The molecule has 2 heterocycles. The lowest BCUT2D eigenvalue weighted by molar-refractivity contribution is -0.118. The highest BCUT2D eigenvalue weighted by Crippen LogP contribution is 2.46. The predicted molar refractivity (Wildman–Crippen MR) is 90.2 cm³/mol. The molecular formula is C19H20N2O2. The zero-order valence-electron chi connectivity index (χ0n) is 13.3. The van der Waals surface area contributed by atoms with Crippen LogP contribution in [0, 0.1) is 5.41 Å². The lowest BCUT2D eigenvalue weighted by Crippen LogP contribution is -2.31. The number of rotatable bonds is 1. The van der Waals surface area contributed by atoms with Gasteiger partial charge in [0.25, 0.3) is 0 Å². The van der Waals surface area contributed by atoms with E-state index < -0.39 is 0 Å². The van der Waals surface area contributed by atoms with Gasteiger partial charge in [-0.2, -0.15) is 0 Å². The molecule has 1 aliphatic carbocycles. The molecule has 1 atom stereocenters. The summed E-state index contributed by atoms with van der Waals surface area (Å²) < 4.78 is 5.66. The first-order chi connectivity index (χ1) is 11.0. The molecule has 2 N–H and O–H groups in total. The number of hydrogen-bond acceptors (Lipinski definition) is 4. The van der Waals surface area contributed by atoms with Crippen LogP contribution in [0.4, 0.5) is 11.4 Å². The molecule has 0 radical (unpaired) electrons. The molecule has 0 spiro atoms. The van der Waals surface area contributed by atoms with Gasteiger partial charge in [-0.05, 0) is 41.7 Å². The van der Waals surface area contributed by atoms with Gasteiger partial charge in [0.05, 0.1) is 23.3 Å². The van der Waals surface area contributed by atoms with Gasteiger partial charge in [-0.25, -0.2) is 0 Å². The highest BCUT2D eigenvalue weighted by Gasteiger charge is 2.38. The van der Waals surface area contributed by atoms with Crippen LogP contribution in [-0.4, -0.2) is 5.78 Å². The summed E-state index contributed by atoms with van der Waals surface area (Å²) in [5, 5.41) is 6.92. The predicted octanol–water partition coefficient (Wildman–Crippen LogP) is 4.50. The smallest absolute Gasteiger partial charge is 0.179 e. The Bertz CT molecular complexity index is 787. The van der Waals surface area contributed by atoms with Gasteiger partial charge in [-0.3, -0.25) is 4.79 Å². The number of carbonyl (C=O) groups is 1. The van der Waals surface area contributed by atoms with E-state index in [0.717, 1.165) is 34.8 Å². The summed E-state index contributed by atoms with van der Waals surface area (Å²) in [4.78, 5) is 12.7. The molecule has 1 aliphatic heterocycles. The van der Waals surface area contributed by atoms with Gasteiger partial charge < -0.3 is 15.1 Å². The van der Waals surface area contributed by atoms with Gasteiger partial charge in [0.1, 0.15) is 11.8 Å². The Hall–Kier alpha value is -2.49. The quantitative estimate of drug-likeness (QED) is 0.814. The lowest BCUT2D eigenvalue weighted by Gasteiger charge is -2.34. The fraction of sp³-hybridized carbons (Fsp3) is 0.316. The highest BCUT2D eigenvalue weighted by atomic mass is 16.3. The first-order valence-electron chi connectivity index (χ1n) is 7.96. The number of carbonyl (C=O) groups excluding carboxylic acids is 1. The first-order valence-corrected chi connectivity index (χ1v) is 7.96. The Morgan fingerprint density at radius 3 is 2.61 bits per heavy atom. The summed E-state index contributed by atoms with van der Waals surface area (Å²) in [6, 6.07) is 11.7. The highest BCUT2D eigenvalue weighted by molar-refractivity contribution is 6.01. The number of Topliss-reactive ketones (excluding diaryl/α,β-unsaturated/α-hetero) is 1. The van der Waals surface area contributed by atoms with E-state index in [9.17, 15) is 4.79 Å². The molecule has 4 nitrogen and oxygen atoms in total. The number of ketones is 1. The second-order valence-electron chi connectivity index (χ2n) is 7.10. The number of fused-ring (bicyclic) bond motifs is 1. The van der Waals surface area contributed by atoms with Crippen LogP contribution >= 0.6 is 0 Å². The number of allylic oxidation sites excluding steroid dienone is 1. The van der Waals surface area contributed by atoms with Crippen LogP contribution in [0.1, 0.15) is 38.5 Å². The molecule has 0 saturated heterocycles. The molecule has 23 heavy (non-hydrogen) atoms. The maximum Gasteiger partial charge on any atom is 0.179 e. The average Bonchev–Trinajstić information content (AvgIpc) is 2.97. The number of nitrogens with one attached hydrogen (secondary N) is 2. The summed E-state index contributed by atoms with van der Waals surface area (Å²) in [7, 11) is 0. The molecule has 0 amide bonds. The Labute approximate surface area is 135 Å². The maximum atomic E-state index is 12.7. The van der Waals surface area contributed by atoms with Gasteiger partial charge in [0, 0.05) is 6.42 Å². The standard InChI is InChI=1S/C19H20N2O2/c1-19(2)10-12-17(15(22)11-19)20-13-6-3-4-7-14(13)21-18(12)16-8-5-9-23-16/h3-9,18,20-21H,10-11H2,1-2H3. The minimum absolute atomic E-state index is 0.0410. The van der Waals surface area contributed by atoms with Crippen molar-refractivity contribution in [2.45, 2.75) is 32.7 Å². The zero-order chi connectivity index (χ0) is 16.0. The summed E-state index contributed by atoms with van der Waals surface area (Å²) in [6.45, 7) is 4.29. The molecule has 4 rings (SSSR count). The van der Waals surface area contributed by atoms with Crippen LogP contribution in [0.3, 0.4) is 0 Å². The largest absolute Gasteiger partial charge is 0.467 e. The van der Waals surface area contributed by atoms with E-state index >= 15 is 0 Å². The van der Waals surface area contributed by atoms with Crippen molar-refractivity contribution in [1.29, 1.82) is 0 Å². The van der Waals surface area contributed by atoms with Crippen LogP contribution in [0.15, 0.2) is 58.3 Å². The first kappa shape index (κ1) is 14.1. The number of furan rings is 1. The normalized spacial score (nSPS) is 22.5. The molecule has 1 unspecified atom stereocenters. The Morgan fingerprint density at radius 1 is 1.09 bits per heavy atom. The van der Waals surface area contributed by atoms with Crippen molar-refractivity contribution in [3.05, 3.63) is 59.7 Å². The summed E-state index contributed by atoms with van der Waals surface area (Å²) in [5.41, 5.74) is 3.68. The second-order valence-corrected chi connectivity index (χ2v) is 7.10. The average molecular weight is 308 g/mol. The van der Waals surface area contributed by atoms with E-state index in [-0.39, 0.29) is 17.2 Å². The topological polar surface area (TPSA) is 54.3 Å². The number of hydrogen-bond donors (Lipinski definition) is 2. The second kappa shape index (κ2) is 5.01. The SMILES string of the molecule is CC1(C)CC(=O)C2=C(C1)C(c1ccco1)Nc1ccccc1N2. The number of benzene rings is 1. The van der Waals surface area contributed by atoms with Crippen LogP contribution in [-0.2, 0) is 4.79 Å². The molecule has 2 aliphatic rings. The van der Waals surface area contributed by atoms with Crippen molar-refractivity contribution in [1.82, 2.24) is 0 Å². The molecule has 1 aromatic carbocycles. The lowest BCUT2D eigenvalue weighted by atomic mass is 9.73. The number of anilines is 2. The van der Waals surface area contributed by atoms with E-state index in [1.165, 1.54) is 0 Å². The van der Waals surface area contributed by atoms with Crippen LogP contribution in [0.2, 0.25) is 0 Å². The van der Waals surface area contributed by atoms with Gasteiger partial charge in [0.15, 0.2) is 5.78 Å². The Kier molecular flexibility index (Phi) is 3.08. The minimum Gasteiger partial charge on any atom is -0.467 e. The van der Waals surface area contributed by atoms with Crippen molar-refractivity contribution in [2.24, 2.45) is 5.41 Å². The fourth-order valence-electron chi connectivity index (χ4n) is 3.56. The van der Waals surface area contributed by atoms with Crippen LogP contribution in [0.5, 0.6) is 0 Å². The van der Waals surface area contributed by atoms with Gasteiger partial charge in [0.2, 0.25) is 0 Å². The van der Waals surface area contributed by atoms with Crippen molar-refractivity contribution in [3.8, 4) is 0 Å². The molecule has 0 fully saturated rings. The van der Waals surface area contributed by atoms with E-state index in [1.54, 1.807) is 6.26 Å². The number of para-hydroxylation sites is 2. The fourth-order valence-corrected chi connectivity index (χ4v) is 3.56. The van der Waals surface area contributed by atoms with Crippen molar-refractivity contribution < 1.29 is 9.21 Å². The van der Waals surface area contributed by atoms with Crippen molar-refractivity contribution >= 4 is 17.2 Å². The van der Waals surface area contributed by atoms with E-state index in [4.69, 9.17) is 4.42 Å². The minimum atomic E-state index is -0.125. The molecule has 4 heteroatoms. The van der Waals surface area contributed by atoms with Gasteiger partial charge in [-0.1, -0.05) is 26.0 Å².